The second-order valence-corrected chi connectivity index (χ2v) is 4.85. The van der Waals surface area contributed by atoms with Crippen LogP contribution in [0.5, 0.6) is 5.75 Å². The molecule has 0 bridgehead atoms. The van der Waals surface area contributed by atoms with Gasteiger partial charge in [-0.05, 0) is 30.7 Å². The lowest BCUT2D eigenvalue weighted by molar-refractivity contribution is 0.477. The molecule has 4 nitrogen and oxygen atoms in total. The molecule has 4 heteroatoms. The van der Waals surface area contributed by atoms with E-state index in [-0.39, 0.29) is 11.3 Å². The van der Waals surface area contributed by atoms with Crippen LogP contribution in [0.1, 0.15) is 5.56 Å². The molecule has 2 aromatic carbocycles. The van der Waals surface area contributed by atoms with Gasteiger partial charge in [0.05, 0.1) is 11.9 Å². The third kappa shape index (κ3) is 2.56. The van der Waals surface area contributed by atoms with Gasteiger partial charge in [0.2, 0.25) is 0 Å². The second kappa shape index (κ2) is 5.25. The number of phenolic OH excluding ortho intramolecular Hbond substituents is 1. The fourth-order valence-corrected chi connectivity index (χ4v) is 2.20. The molecule has 1 heterocycles. The van der Waals surface area contributed by atoms with E-state index in [2.05, 4.69) is 5.10 Å². The molecule has 0 spiro atoms. The zero-order valence-corrected chi connectivity index (χ0v) is 11.5. The smallest absolute Gasteiger partial charge is 0.272 e. The largest absolute Gasteiger partial charge is 0.507 e. The number of aromatic hydroxyl groups is 1. The van der Waals surface area contributed by atoms with Gasteiger partial charge in [-0.3, -0.25) is 4.79 Å². The lowest BCUT2D eigenvalue weighted by Crippen LogP contribution is -2.19. The molecule has 0 atom stereocenters. The van der Waals surface area contributed by atoms with Gasteiger partial charge in [0.1, 0.15) is 5.75 Å². The van der Waals surface area contributed by atoms with Crippen LogP contribution in [0.15, 0.2) is 65.6 Å². The average molecular weight is 278 g/mol. The van der Waals surface area contributed by atoms with Gasteiger partial charge in [-0.2, -0.15) is 9.78 Å². The number of benzene rings is 2. The number of para-hydroxylation sites is 1. The van der Waals surface area contributed by atoms with E-state index in [0.29, 0.717) is 16.8 Å². The molecule has 0 saturated carbocycles. The Morgan fingerprint density at radius 3 is 2.48 bits per heavy atom. The molecule has 0 aliphatic heterocycles. The number of aryl methyl sites for hydroxylation is 1. The van der Waals surface area contributed by atoms with E-state index in [4.69, 9.17) is 0 Å². The summed E-state index contributed by atoms with van der Waals surface area (Å²) in [5.74, 6) is 0.147. The predicted octanol–water partition coefficient (Wildman–Crippen LogP) is 2.91. The lowest BCUT2D eigenvalue weighted by Gasteiger charge is -2.07. The molecule has 3 rings (SSSR count). The topological polar surface area (TPSA) is 55.1 Å². The van der Waals surface area contributed by atoms with E-state index in [1.807, 2.05) is 43.3 Å². The normalized spacial score (nSPS) is 10.5. The first-order valence-corrected chi connectivity index (χ1v) is 6.60. The first kappa shape index (κ1) is 13.1. The Balaban J connectivity index is 2.08. The van der Waals surface area contributed by atoms with Crippen molar-refractivity contribution in [2.75, 3.05) is 0 Å². The monoisotopic (exact) mass is 278 g/mol. The van der Waals surface area contributed by atoms with Crippen LogP contribution in [-0.2, 0) is 0 Å². The van der Waals surface area contributed by atoms with Crippen LogP contribution in [0.4, 0.5) is 0 Å². The summed E-state index contributed by atoms with van der Waals surface area (Å²) in [4.78, 5) is 12.2. The van der Waals surface area contributed by atoms with Crippen LogP contribution in [0.25, 0.3) is 16.8 Å². The summed E-state index contributed by atoms with van der Waals surface area (Å²) in [7, 11) is 0. The Morgan fingerprint density at radius 2 is 1.81 bits per heavy atom. The highest BCUT2D eigenvalue weighted by molar-refractivity contribution is 5.69. The van der Waals surface area contributed by atoms with Crippen LogP contribution in [0, 0.1) is 6.92 Å². The first-order chi connectivity index (χ1) is 10.1. The maximum Gasteiger partial charge on any atom is 0.272 e. The molecule has 0 fully saturated rings. The summed E-state index contributed by atoms with van der Waals surface area (Å²) < 4.78 is 1.33. The number of nitrogens with zero attached hydrogens (tertiary/aromatic N) is 2. The average Bonchev–Trinajstić information content (AvgIpc) is 2.48. The second-order valence-electron chi connectivity index (χ2n) is 4.85. The molecule has 1 aromatic heterocycles. The van der Waals surface area contributed by atoms with Crippen LogP contribution in [-0.4, -0.2) is 14.9 Å². The fraction of sp³-hybridized carbons (Fsp3) is 0.0588. The number of rotatable bonds is 2. The molecule has 0 amide bonds. The van der Waals surface area contributed by atoms with Gasteiger partial charge in [-0.1, -0.05) is 30.3 Å². The molecule has 0 aliphatic rings. The molecular weight excluding hydrogens is 264 g/mol. The summed E-state index contributed by atoms with van der Waals surface area (Å²) in [6.45, 7) is 1.90. The summed E-state index contributed by atoms with van der Waals surface area (Å²) in [5.41, 5.74) is 2.64. The number of hydrogen-bond donors (Lipinski definition) is 1. The van der Waals surface area contributed by atoms with Crippen molar-refractivity contribution < 1.29 is 5.11 Å². The van der Waals surface area contributed by atoms with Crippen molar-refractivity contribution in [3.8, 4) is 22.6 Å². The van der Waals surface area contributed by atoms with E-state index in [1.54, 1.807) is 18.3 Å². The van der Waals surface area contributed by atoms with E-state index in [1.165, 1.54) is 10.7 Å². The minimum absolute atomic E-state index is 0.147. The first-order valence-electron chi connectivity index (χ1n) is 6.60. The molecule has 0 saturated heterocycles. The van der Waals surface area contributed by atoms with Gasteiger partial charge in [0.25, 0.3) is 5.56 Å². The maximum atomic E-state index is 12.2. The van der Waals surface area contributed by atoms with Gasteiger partial charge in [0, 0.05) is 17.2 Å². The van der Waals surface area contributed by atoms with Crippen molar-refractivity contribution >= 4 is 0 Å². The van der Waals surface area contributed by atoms with Crippen LogP contribution < -0.4 is 5.56 Å². The lowest BCUT2D eigenvalue weighted by atomic mass is 10.1. The molecule has 0 aliphatic carbocycles. The fourth-order valence-electron chi connectivity index (χ4n) is 2.20. The summed E-state index contributed by atoms with van der Waals surface area (Å²) in [5, 5.41) is 14.2. The summed E-state index contributed by atoms with van der Waals surface area (Å²) >= 11 is 0. The van der Waals surface area contributed by atoms with Crippen molar-refractivity contribution in [3.63, 3.8) is 0 Å². The van der Waals surface area contributed by atoms with Crippen LogP contribution in [0.2, 0.25) is 0 Å². The van der Waals surface area contributed by atoms with Crippen molar-refractivity contribution in [1.29, 1.82) is 0 Å². The van der Waals surface area contributed by atoms with Gasteiger partial charge in [-0.25, -0.2) is 0 Å². The van der Waals surface area contributed by atoms with E-state index in [9.17, 15) is 9.90 Å². The summed E-state index contributed by atoms with van der Waals surface area (Å²) in [6.07, 6.45) is 1.58. The molecule has 1 N–H and O–H groups in total. The van der Waals surface area contributed by atoms with Gasteiger partial charge in [0.15, 0.2) is 0 Å². The van der Waals surface area contributed by atoms with Crippen LogP contribution >= 0.6 is 0 Å². The highest BCUT2D eigenvalue weighted by atomic mass is 16.3. The molecule has 3 aromatic rings. The third-order valence-corrected chi connectivity index (χ3v) is 3.27. The SMILES string of the molecule is Cc1ccc(-c2cnn(-c3ccccc3)c(=O)c2)c(O)c1. The maximum absolute atomic E-state index is 12.2. The Hall–Kier alpha value is -2.88. The molecule has 104 valence electrons. The minimum atomic E-state index is -0.237. The van der Waals surface area contributed by atoms with Gasteiger partial charge < -0.3 is 5.11 Å². The zero-order chi connectivity index (χ0) is 14.8. The Morgan fingerprint density at radius 1 is 1.05 bits per heavy atom. The van der Waals surface area contributed by atoms with Gasteiger partial charge in [-0.15, -0.1) is 0 Å². The van der Waals surface area contributed by atoms with Crippen LogP contribution in [0.3, 0.4) is 0 Å². The minimum Gasteiger partial charge on any atom is -0.507 e. The third-order valence-electron chi connectivity index (χ3n) is 3.27. The van der Waals surface area contributed by atoms with Crippen molar-refractivity contribution in [2.24, 2.45) is 0 Å². The molecular formula is C17H14N2O2. The Labute approximate surface area is 121 Å². The zero-order valence-electron chi connectivity index (χ0n) is 11.5. The number of aromatic nitrogens is 2. The number of hydrogen-bond acceptors (Lipinski definition) is 3. The van der Waals surface area contributed by atoms with Crippen molar-refractivity contribution in [2.45, 2.75) is 6.92 Å². The molecule has 0 radical (unpaired) electrons. The standard InChI is InChI=1S/C17H14N2O2/c1-12-7-8-15(16(20)9-12)13-10-17(21)19(18-11-13)14-5-3-2-4-6-14/h2-11,20H,1H3. The quantitative estimate of drug-likeness (QED) is 0.784. The van der Waals surface area contributed by atoms with E-state index >= 15 is 0 Å². The van der Waals surface area contributed by atoms with E-state index in [0.717, 1.165) is 5.56 Å². The van der Waals surface area contributed by atoms with Crippen molar-refractivity contribution in [1.82, 2.24) is 9.78 Å². The van der Waals surface area contributed by atoms with Crippen molar-refractivity contribution in [3.05, 3.63) is 76.7 Å². The number of phenols is 1. The summed E-state index contributed by atoms with van der Waals surface area (Å²) in [6, 6.07) is 16.0. The highest BCUT2D eigenvalue weighted by Crippen LogP contribution is 2.28. The predicted molar refractivity (Wildman–Crippen MR) is 81.7 cm³/mol. The Bertz CT molecular complexity index is 839. The molecule has 21 heavy (non-hydrogen) atoms. The Kier molecular flexibility index (Phi) is 3.28. The highest BCUT2D eigenvalue weighted by Gasteiger charge is 2.08. The van der Waals surface area contributed by atoms with Gasteiger partial charge >= 0.3 is 0 Å². The molecule has 0 unspecified atom stereocenters. The van der Waals surface area contributed by atoms with E-state index < -0.39 is 0 Å².